The Kier molecular flexibility index (Phi) is 6.87. The lowest BCUT2D eigenvalue weighted by Crippen LogP contribution is -2.23. The molecule has 5 nitrogen and oxygen atoms in total. The number of alkyl halides is 2. The Labute approximate surface area is 118 Å². The first kappa shape index (κ1) is 16.8. The molecule has 0 fully saturated rings. The first-order valence-electron chi connectivity index (χ1n) is 6.65. The number of methoxy groups -OCH3 is 1. The molecule has 0 radical (unpaired) electrons. The fourth-order valence-electron chi connectivity index (χ4n) is 2.05. The molecule has 1 rings (SSSR count). The summed E-state index contributed by atoms with van der Waals surface area (Å²) < 4.78 is 36.2. The monoisotopic (exact) mass is 291 g/mol. The molecule has 0 amide bonds. The number of hydrogen-bond acceptors (Lipinski definition) is 4. The number of ether oxygens (including phenoxy) is 2. The van der Waals surface area contributed by atoms with E-state index in [-0.39, 0.29) is 18.7 Å². The third kappa shape index (κ3) is 4.42. The molecular formula is C13H23F2N3O2. The van der Waals surface area contributed by atoms with Gasteiger partial charge in [0.25, 0.3) is 6.43 Å². The van der Waals surface area contributed by atoms with Gasteiger partial charge in [0.1, 0.15) is 6.61 Å². The number of aromatic nitrogens is 2. The maximum absolute atomic E-state index is 12.0. The third-order valence-electron chi connectivity index (χ3n) is 2.98. The average molecular weight is 291 g/mol. The molecule has 1 heterocycles. The van der Waals surface area contributed by atoms with Gasteiger partial charge in [0, 0.05) is 12.6 Å². The highest BCUT2D eigenvalue weighted by atomic mass is 19.3. The Morgan fingerprint density at radius 2 is 2.10 bits per heavy atom. The second-order valence-corrected chi connectivity index (χ2v) is 4.73. The van der Waals surface area contributed by atoms with Crippen molar-refractivity contribution in [1.82, 2.24) is 15.1 Å². The summed E-state index contributed by atoms with van der Waals surface area (Å²) >= 11 is 0. The summed E-state index contributed by atoms with van der Waals surface area (Å²) in [6.07, 6.45) is -0.198. The fraction of sp³-hybridized carbons (Fsp3) is 0.769. The lowest BCUT2D eigenvalue weighted by atomic mass is 10.1. The first-order valence-corrected chi connectivity index (χ1v) is 6.65. The van der Waals surface area contributed by atoms with Gasteiger partial charge < -0.3 is 14.8 Å². The van der Waals surface area contributed by atoms with Gasteiger partial charge in [-0.05, 0) is 27.3 Å². The molecule has 1 atom stereocenters. The molecule has 0 saturated heterocycles. The van der Waals surface area contributed by atoms with Crippen LogP contribution in [-0.2, 0) is 4.74 Å². The highest BCUT2D eigenvalue weighted by molar-refractivity contribution is 5.28. The van der Waals surface area contributed by atoms with Crippen molar-refractivity contribution < 1.29 is 18.3 Å². The molecule has 0 saturated carbocycles. The zero-order chi connectivity index (χ0) is 15.1. The van der Waals surface area contributed by atoms with Gasteiger partial charge in [-0.15, -0.1) is 0 Å². The Morgan fingerprint density at radius 1 is 1.40 bits per heavy atom. The number of rotatable bonds is 9. The molecule has 0 aliphatic carbocycles. The van der Waals surface area contributed by atoms with Gasteiger partial charge in [-0.2, -0.15) is 5.10 Å². The van der Waals surface area contributed by atoms with Crippen molar-refractivity contribution in [2.24, 2.45) is 0 Å². The van der Waals surface area contributed by atoms with Crippen LogP contribution < -0.4 is 10.1 Å². The largest absolute Gasteiger partial charge is 0.493 e. The van der Waals surface area contributed by atoms with Crippen molar-refractivity contribution in [3.63, 3.8) is 0 Å². The molecule has 0 aliphatic heterocycles. The molecule has 1 N–H and O–H groups in total. The van der Waals surface area contributed by atoms with Crippen LogP contribution in [0.4, 0.5) is 8.78 Å². The van der Waals surface area contributed by atoms with Crippen LogP contribution in [-0.4, -0.2) is 43.6 Å². The molecule has 1 aromatic heterocycles. The van der Waals surface area contributed by atoms with E-state index in [1.807, 2.05) is 25.6 Å². The van der Waals surface area contributed by atoms with Crippen LogP contribution >= 0.6 is 0 Å². The minimum absolute atomic E-state index is 0.0625. The third-order valence-corrected chi connectivity index (χ3v) is 2.98. The van der Waals surface area contributed by atoms with E-state index >= 15 is 0 Å². The molecule has 0 spiro atoms. The van der Waals surface area contributed by atoms with Crippen molar-refractivity contribution in [1.29, 1.82) is 0 Å². The van der Waals surface area contributed by atoms with Crippen LogP contribution in [0.1, 0.15) is 38.0 Å². The van der Waals surface area contributed by atoms with Gasteiger partial charge in [0.05, 0.1) is 25.0 Å². The summed E-state index contributed by atoms with van der Waals surface area (Å²) in [4.78, 5) is 0. The highest BCUT2D eigenvalue weighted by Gasteiger charge is 2.22. The van der Waals surface area contributed by atoms with Crippen LogP contribution in [0.2, 0.25) is 0 Å². The summed E-state index contributed by atoms with van der Waals surface area (Å²) in [5.41, 5.74) is 0.908. The smallest absolute Gasteiger partial charge is 0.261 e. The molecular weight excluding hydrogens is 268 g/mol. The number of nitrogens with zero attached hydrogens (tertiary/aromatic N) is 2. The molecule has 0 bridgehead atoms. The van der Waals surface area contributed by atoms with Crippen LogP contribution in [0, 0.1) is 0 Å². The summed E-state index contributed by atoms with van der Waals surface area (Å²) in [6.45, 7) is 3.77. The normalized spacial score (nSPS) is 13.2. The van der Waals surface area contributed by atoms with Crippen molar-refractivity contribution in [2.45, 2.75) is 38.8 Å². The Morgan fingerprint density at radius 3 is 2.60 bits per heavy atom. The molecule has 7 heteroatoms. The van der Waals surface area contributed by atoms with Crippen LogP contribution in [0.3, 0.4) is 0 Å². The van der Waals surface area contributed by atoms with Crippen LogP contribution in [0.15, 0.2) is 6.20 Å². The summed E-state index contributed by atoms with van der Waals surface area (Å²) in [6, 6.07) is 0.124. The Balaban J connectivity index is 2.75. The summed E-state index contributed by atoms with van der Waals surface area (Å²) in [7, 11) is 3.40. The standard InChI is InChI=1S/C13H23F2N3O2/c1-9(2)18-13(11(19-4)7-17-18)10(16-3)5-6-20-8-12(14)15/h7,9-10,12,16H,5-6,8H2,1-4H3. The Bertz CT molecular complexity index is 397. The predicted octanol–water partition coefficient (Wildman–Crippen LogP) is 2.40. The quantitative estimate of drug-likeness (QED) is 0.710. The molecule has 1 unspecified atom stereocenters. The number of hydrogen-bond donors (Lipinski definition) is 1. The lowest BCUT2D eigenvalue weighted by Gasteiger charge is -2.21. The second kappa shape index (κ2) is 8.16. The van der Waals surface area contributed by atoms with Crippen LogP contribution in [0.25, 0.3) is 0 Å². The van der Waals surface area contributed by atoms with Gasteiger partial charge in [-0.25, -0.2) is 8.78 Å². The molecule has 20 heavy (non-hydrogen) atoms. The summed E-state index contributed by atoms with van der Waals surface area (Å²) in [5, 5.41) is 7.46. The number of halogens is 2. The summed E-state index contributed by atoms with van der Waals surface area (Å²) in [5.74, 6) is 0.687. The molecule has 0 aliphatic rings. The van der Waals surface area contributed by atoms with Gasteiger partial charge >= 0.3 is 0 Å². The zero-order valence-corrected chi connectivity index (χ0v) is 12.4. The zero-order valence-electron chi connectivity index (χ0n) is 12.4. The molecule has 0 aromatic carbocycles. The lowest BCUT2D eigenvalue weighted by molar-refractivity contribution is 0.0142. The van der Waals surface area contributed by atoms with E-state index in [0.29, 0.717) is 12.2 Å². The van der Waals surface area contributed by atoms with E-state index in [2.05, 4.69) is 10.4 Å². The minimum Gasteiger partial charge on any atom is -0.493 e. The van der Waals surface area contributed by atoms with Crippen molar-refractivity contribution in [3.05, 3.63) is 11.9 Å². The van der Waals surface area contributed by atoms with E-state index in [1.54, 1.807) is 13.3 Å². The van der Waals surface area contributed by atoms with E-state index in [0.717, 1.165) is 5.69 Å². The average Bonchev–Trinajstić information content (AvgIpc) is 2.82. The second-order valence-electron chi connectivity index (χ2n) is 4.73. The van der Waals surface area contributed by atoms with Crippen LogP contribution in [0.5, 0.6) is 5.75 Å². The van der Waals surface area contributed by atoms with Gasteiger partial charge in [0.2, 0.25) is 0 Å². The van der Waals surface area contributed by atoms with Gasteiger partial charge in [-0.1, -0.05) is 0 Å². The van der Waals surface area contributed by atoms with Gasteiger partial charge in [-0.3, -0.25) is 4.68 Å². The van der Waals surface area contributed by atoms with Gasteiger partial charge in [0.15, 0.2) is 5.75 Å². The maximum Gasteiger partial charge on any atom is 0.261 e. The SMILES string of the molecule is CNC(CCOCC(F)F)c1c(OC)cnn1C(C)C. The van der Waals surface area contributed by atoms with E-state index < -0.39 is 13.0 Å². The first-order chi connectivity index (χ1) is 9.51. The Hall–Kier alpha value is -1.21. The molecule has 1 aromatic rings. The maximum atomic E-state index is 12.0. The molecule has 116 valence electrons. The number of nitrogens with one attached hydrogen (secondary N) is 1. The fourth-order valence-corrected chi connectivity index (χ4v) is 2.05. The van der Waals surface area contributed by atoms with Crippen molar-refractivity contribution in [2.75, 3.05) is 27.4 Å². The predicted molar refractivity (Wildman–Crippen MR) is 72.4 cm³/mol. The topological polar surface area (TPSA) is 48.3 Å². The highest BCUT2D eigenvalue weighted by Crippen LogP contribution is 2.29. The van der Waals surface area contributed by atoms with E-state index in [1.165, 1.54) is 0 Å². The van der Waals surface area contributed by atoms with Crippen molar-refractivity contribution >= 4 is 0 Å². The van der Waals surface area contributed by atoms with E-state index in [9.17, 15) is 8.78 Å². The minimum atomic E-state index is -2.43. The van der Waals surface area contributed by atoms with E-state index in [4.69, 9.17) is 9.47 Å². The van der Waals surface area contributed by atoms with Crippen molar-refractivity contribution in [3.8, 4) is 5.75 Å².